The monoisotopic (exact) mass is 304 g/mol. The fraction of sp³-hybridized carbons (Fsp3) is 0.417. The second kappa shape index (κ2) is 5.90. The van der Waals surface area contributed by atoms with Crippen molar-refractivity contribution in [1.29, 1.82) is 0 Å². The Morgan fingerprint density at radius 2 is 2.00 bits per heavy atom. The first-order valence-corrected chi connectivity index (χ1v) is 7.74. The second-order valence-corrected chi connectivity index (χ2v) is 6.31. The molecule has 1 aromatic carbocycles. The van der Waals surface area contributed by atoms with E-state index < -0.39 is 10.0 Å². The number of carbonyl (C=O) groups excluding carboxylic acids is 1. The minimum Gasteiger partial charge on any atom is -0.337 e. The average Bonchev–Trinajstić information content (AvgIpc) is 2.28. The Labute approximate surface area is 118 Å². The van der Waals surface area contributed by atoms with E-state index in [2.05, 4.69) is 0 Å². The van der Waals surface area contributed by atoms with Crippen LogP contribution in [0.2, 0.25) is 5.02 Å². The highest BCUT2D eigenvalue weighted by Crippen LogP contribution is 2.22. The highest BCUT2D eigenvalue weighted by molar-refractivity contribution is 7.89. The molecule has 0 spiro atoms. The molecule has 0 fully saturated rings. The molecule has 0 bridgehead atoms. The minimum atomic E-state index is -3.94. The van der Waals surface area contributed by atoms with Crippen LogP contribution in [0.5, 0.6) is 0 Å². The quantitative estimate of drug-likeness (QED) is 0.922. The number of rotatable bonds is 4. The molecule has 0 radical (unpaired) electrons. The summed E-state index contributed by atoms with van der Waals surface area (Å²) in [6, 6.07) is 4.09. The van der Waals surface area contributed by atoms with Gasteiger partial charge in [0.05, 0.1) is 5.02 Å². The molecular weight excluding hydrogens is 288 g/mol. The third kappa shape index (κ3) is 3.68. The lowest BCUT2D eigenvalue weighted by molar-refractivity contribution is 0.0716. The molecule has 0 aliphatic carbocycles. The van der Waals surface area contributed by atoms with Crippen molar-refractivity contribution in [2.45, 2.75) is 31.7 Å². The van der Waals surface area contributed by atoms with Gasteiger partial charge in [0.1, 0.15) is 4.90 Å². The number of carbonyl (C=O) groups is 1. The Bertz CT molecular complexity index is 585. The molecule has 1 rings (SSSR count). The van der Waals surface area contributed by atoms with Crippen molar-refractivity contribution in [2.24, 2.45) is 5.14 Å². The Kier molecular flexibility index (Phi) is 4.95. The van der Waals surface area contributed by atoms with Crippen molar-refractivity contribution in [1.82, 2.24) is 4.90 Å². The van der Waals surface area contributed by atoms with Gasteiger partial charge in [0, 0.05) is 18.2 Å². The topological polar surface area (TPSA) is 80.5 Å². The predicted octanol–water partition coefficient (Wildman–Crippen LogP) is 1.86. The summed E-state index contributed by atoms with van der Waals surface area (Å²) in [6.07, 6.45) is 0. The zero-order chi connectivity index (χ0) is 14.8. The largest absolute Gasteiger partial charge is 0.337 e. The van der Waals surface area contributed by atoms with Gasteiger partial charge in [0.2, 0.25) is 10.0 Å². The summed E-state index contributed by atoms with van der Waals surface area (Å²) in [5, 5.41) is 5.06. The van der Waals surface area contributed by atoms with Crippen LogP contribution in [-0.2, 0) is 10.0 Å². The highest BCUT2D eigenvalue weighted by Gasteiger charge is 2.20. The van der Waals surface area contributed by atoms with Crippen molar-refractivity contribution in [3.63, 3.8) is 0 Å². The summed E-state index contributed by atoms with van der Waals surface area (Å²) in [7, 11) is -3.94. The SMILES string of the molecule is CCN(C(=O)c1ccc(Cl)c(S(N)(=O)=O)c1)C(C)C. The number of amides is 1. The van der Waals surface area contributed by atoms with Crippen LogP contribution >= 0.6 is 11.6 Å². The number of halogens is 1. The van der Waals surface area contributed by atoms with Gasteiger partial charge in [-0.2, -0.15) is 0 Å². The summed E-state index contributed by atoms with van der Waals surface area (Å²) in [5.74, 6) is -0.251. The maximum absolute atomic E-state index is 12.3. The van der Waals surface area contributed by atoms with Crippen molar-refractivity contribution in [2.75, 3.05) is 6.54 Å². The standard InChI is InChI=1S/C12H17ClN2O3S/c1-4-15(8(2)3)12(16)9-5-6-10(13)11(7-9)19(14,17)18/h5-8H,4H2,1-3H3,(H2,14,17,18). The molecule has 7 heteroatoms. The molecule has 0 saturated carbocycles. The van der Waals surface area contributed by atoms with E-state index in [1.54, 1.807) is 4.90 Å². The van der Waals surface area contributed by atoms with Crippen LogP contribution < -0.4 is 5.14 Å². The lowest BCUT2D eigenvalue weighted by Crippen LogP contribution is -2.36. The molecule has 0 heterocycles. The fourth-order valence-electron chi connectivity index (χ4n) is 1.76. The van der Waals surface area contributed by atoms with Gasteiger partial charge in [0.25, 0.3) is 5.91 Å². The van der Waals surface area contributed by atoms with E-state index in [1.165, 1.54) is 18.2 Å². The third-order valence-corrected chi connectivity index (χ3v) is 4.10. The van der Waals surface area contributed by atoms with E-state index in [-0.39, 0.29) is 27.4 Å². The maximum Gasteiger partial charge on any atom is 0.254 e. The number of primary sulfonamides is 1. The number of benzene rings is 1. The van der Waals surface area contributed by atoms with Crippen LogP contribution in [0, 0.1) is 0 Å². The number of nitrogens with zero attached hydrogens (tertiary/aromatic N) is 1. The first-order chi connectivity index (χ1) is 8.68. The molecule has 0 atom stereocenters. The van der Waals surface area contributed by atoms with Gasteiger partial charge >= 0.3 is 0 Å². The normalized spacial score (nSPS) is 11.7. The number of hydrogen-bond acceptors (Lipinski definition) is 3. The summed E-state index contributed by atoms with van der Waals surface area (Å²) in [5.41, 5.74) is 0.254. The smallest absolute Gasteiger partial charge is 0.254 e. The lowest BCUT2D eigenvalue weighted by atomic mass is 10.1. The molecule has 0 aliphatic rings. The van der Waals surface area contributed by atoms with Crippen LogP contribution in [0.4, 0.5) is 0 Å². The van der Waals surface area contributed by atoms with E-state index in [1.807, 2.05) is 20.8 Å². The van der Waals surface area contributed by atoms with Gasteiger partial charge in [0.15, 0.2) is 0 Å². The van der Waals surface area contributed by atoms with E-state index in [9.17, 15) is 13.2 Å². The Morgan fingerprint density at radius 3 is 2.42 bits per heavy atom. The molecular formula is C12H17ClN2O3S. The van der Waals surface area contributed by atoms with E-state index in [4.69, 9.17) is 16.7 Å². The zero-order valence-corrected chi connectivity index (χ0v) is 12.6. The molecule has 5 nitrogen and oxygen atoms in total. The van der Waals surface area contributed by atoms with Crippen LogP contribution in [0.25, 0.3) is 0 Å². The van der Waals surface area contributed by atoms with Gasteiger partial charge in [-0.1, -0.05) is 11.6 Å². The molecule has 0 aliphatic heterocycles. The molecule has 0 unspecified atom stereocenters. The Morgan fingerprint density at radius 1 is 1.42 bits per heavy atom. The molecule has 1 aromatic rings. The Balaban J connectivity index is 3.27. The summed E-state index contributed by atoms with van der Waals surface area (Å²) < 4.78 is 22.7. The van der Waals surface area contributed by atoms with Gasteiger partial charge in [-0.3, -0.25) is 4.79 Å². The van der Waals surface area contributed by atoms with Crippen molar-refractivity contribution < 1.29 is 13.2 Å². The maximum atomic E-state index is 12.3. The van der Waals surface area contributed by atoms with Gasteiger partial charge < -0.3 is 4.90 Å². The van der Waals surface area contributed by atoms with E-state index >= 15 is 0 Å². The fourth-order valence-corrected chi connectivity index (χ4v) is 2.83. The van der Waals surface area contributed by atoms with Crippen LogP contribution in [0.15, 0.2) is 23.1 Å². The minimum absolute atomic E-state index is 0.00615. The summed E-state index contributed by atoms with van der Waals surface area (Å²) >= 11 is 5.78. The van der Waals surface area contributed by atoms with Gasteiger partial charge in [-0.05, 0) is 39.0 Å². The molecule has 106 valence electrons. The van der Waals surface area contributed by atoms with E-state index in [0.29, 0.717) is 6.54 Å². The predicted molar refractivity (Wildman–Crippen MR) is 74.7 cm³/mol. The molecule has 1 amide bonds. The van der Waals surface area contributed by atoms with Crippen LogP contribution in [0.3, 0.4) is 0 Å². The van der Waals surface area contributed by atoms with Crippen molar-refractivity contribution in [3.05, 3.63) is 28.8 Å². The molecule has 19 heavy (non-hydrogen) atoms. The Hall–Kier alpha value is -1.11. The molecule has 0 saturated heterocycles. The third-order valence-electron chi connectivity index (χ3n) is 2.71. The lowest BCUT2D eigenvalue weighted by Gasteiger charge is -2.25. The second-order valence-electron chi connectivity index (χ2n) is 4.38. The van der Waals surface area contributed by atoms with Crippen LogP contribution in [-0.4, -0.2) is 31.8 Å². The van der Waals surface area contributed by atoms with Gasteiger partial charge in [-0.25, -0.2) is 13.6 Å². The zero-order valence-electron chi connectivity index (χ0n) is 11.1. The molecule has 0 aromatic heterocycles. The summed E-state index contributed by atoms with van der Waals surface area (Å²) in [4.78, 5) is 13.6. The number of hydrogen-bond donors (Lipinski definition) is 1. The van der Waals surface area contributed by atoms with E-state index in [0.717, 1.165) is 0 Å². The van der Waals surface area contributed by atoms with Crippen molar-refractivity contribution in [3.8, 4) is 0 Å². The van der Waals surface area contributed by atoms with Crippen LogP contribution in [0.1, 0.15) is 31.1 Å². The molecule has 2 N–H and O–H groups in total. The number of sulfonamides is 1. The summed E-state index contributed by atoms with van der Waals surface area (Å²) in [6.45, 7) is 6.16. The number of nitrogens with two attached hydrogens (primary N) is 1. The highest BCUT2D eigenvalue weighted by atomic mass is 35.5. The first-order valence-electron chi connectivity index (χ1n) is 5.81. The van der Waals surface area contributed by atoms with Crippen molar-refractivity contribution >= 4 is 27.5 Å². The average molecular weight is 305 g/mol. The first kappa shape index (κ1) is 15.9. The van der Waals surface area contributed by atoms with Gasteiger partial charge in [-0.15, -0.1) is 0 Å².